The van der Waals surface area contributed by atoms with Crippen LogP contribution >= 0.6 is 0 Å². The number of aryl methyl sites for hydroxylation is 1. The van der Waals surface area contributed by atoms with Gasteiger partial charge in [0.15, 0.2) is 0 Å². The maximum atomic E-state index is 12.7. The number of carbonyl (C=O) groups is 1. The number of carbonyl (C=O) groups excluding carboxylic acids is 1. The highest BCUT2D eigenvalue weighted by atomic mass is 16.5. The molecule has 5 rings (SSSR count). The van der Waals surface area contributed by atoms with E-state index >= 15 is 0 Å². The zero-order valence-corrected chi connectivity index (χ0v) is 16.5. The summed E-state index contributed by atoms with van der Waals surface area (Å²) in [5.74, 6) is 1.13. The second kappa shape index (κ2) is 8.19. The number of pyridine rings is 1. The summed E-state index contributed by atoms with van der Waals surface area (Å²) >= 11 is 0. The van der Waals surface area contributed by atoms with Crippen LogP contribution in [0.2, 0.25) is 0 Å². The molecule has 0 aliphatic heterocycles. The van der Waals surface area contributed by atoms with E-state index in [2.05, 4.69) is 25.4 Å². The summed E-state index contributed by atoms with van der Waals surface area (Å²) in [5, 5.41) is 6.88. The van der Waals surface area contributed by atoms with Gasteiger partial charge in [-0.15, -0.1) is 0 Å². The molecular formula is C23H18N6O2. The molecule has 1 N–H and O–H groups in total. The van der Waals surface area contributed by atoms with Crippen molar-refractivity contribution < 1.29 is 9.32 Å². The van der Waals surface area contributed by atoms with E-state index in [9.17, 15) is 4.79 Å². The molecule has 152 valence electrons. The van der Waals surface area contributed by atoms with E-state index in [0.29, 0.717) is 24.1 Å². The van der Waals surface area contributed by atoms with Gasteiger partial charge in [-0.2, -0.15) is 4.98 Å². The predicted octanol–water partition coefficient (Wildman–Crippen LogP) is 4.04. The van der Waals surface area contributed by atoms with Crippen molar-refractivity contribution in [1.82, 2.24) is 24.7 Å². The molecule has 0 saturated heterocycles. The third-order valence-electron chi connectivity index (χ3n) is 4.78. The van der Waals surface area contributed by atoms with Gasteiger partial charge in [0.2, 0.25) is 23.6 Å². The summed E-state index contributed by atoms with van der Waals surface area (Å²) in [5.41, 5.74) is 3.41. The highest BCUT2D eigenvalue weighted by Crippen LogP contribution is 2.24. The standard InChI is InChI=1S/C23H18N6O2/c30-20(12-13-21-27-22(28-31-21)16-7-6-14-24-15-16)26-23-25-18-10-4-5-11-19(18)29(23)17-8-2-1-3-9-17/h1-11,14-15H,12-13H2,(H,25,26,30). The van der Waals surface area contributed by atoms with E-state index in [-0.39, 0.29) is 12.3 Å². The Kier molecular flexibility index (Phi) is 4.94. The zero-order valence-electron chi connectivity index (χ0n) is 16.5. The molecule has 8 heteroatoms. The Morgan fingerprint density at radius 3 is 2.65 bits per heavy atom. The highest BCUT2D eigenvalue weighted by Gasteiger charge is 2.16. The molecule has 0 radical (unpaired) electrons. The van der Waals surface area contributed by atoms with Crippen molar-refractivity contribution >= 4 is 22.9 Å². The van der Waals surface area contributed by atoms with E-state index in [0.717, 1.165) is 22.3 Å². The lowest BCUT2D eigenvalue weighted by Gasteiger charge is -2.09. The van der Waals surface area contributed by atoms with Crippen LogP contribution in [-0.4, -0.2) is 30.6 Å². The fourth-order valence-electron chi connectivity index (χ4n) is 3.32. The topological polar surface area (TPSA) is 98.7 Å². The number of benzene rings is 2. The van der Waals surface area contributed by atoms with Crippen LogP contribution in [0.3, 0.4) is 0 Å². The Bertz CT molecular complexity index is 1330. The number of imidazole rings is 1. The summed E-state index contributed by atoms with van der Waals surface area (Å²) < 4.78 is 7.20. The number of hydrogen-bond acceptors (Lipinski definition) is 6. The Morgan fingerprint density at radius 2 is 1.81 bits per heavy atom. The van der Waals surface area contributed by atoms with Crippen molar-refractivity contribution in [3.63, 3.8) is 0 Å². The smallest absolute Gasteiger partial charge is 0.227 e. The lowest BCUT2D eigenvalue weighted by atomic mass is 10.2. The maximum Gasteiger partial charge on any atom is 0.227 e. The van der Waals surface area contributed by atoms with Gasteiger partial charge in [-0.1, -0.05) is 35.5 Å². The Balaban J connectivity index is 1.33. The van der Waals surface area contributed by atoms with Crippen LogP contribution in [-0.2, 0) is 11.2 Å². The van der Waals surface area contributed by atoms with Gasteiger partial charge < -0.3 is 4.52 Å². The summed E-state index contributed by atoms with van der Waals surface area (Å²) in [4.78, 5) is 25.6. The van der Waals surface area contributed by atoms with Crippen LogP contribution in [0.5, 0.6) is 0 Å². The van der Waals surface area contributed by atoms with E-state index in [1.54, 1.807) is 18.5 Å². The molecule has 5 aromatic rings. The van der Waals surface area contributed by atoms with Gasteiger partial charge in [0.05, 0.1) is 11.0 Å². The van der Waals surface area contributed by atoms with Crippen molar-refractivity contribution in [3.8, 4) is 17.1 Å². The third kappa shape index (κ3) is 3.91. The van der Waals surface area contributed by atoms with Gasteiger partial charge in [-0.25, -0.2) is 4.98 Å². The molecule has 31 heavy (non-hydrogen) atoms. The molecule has 1 amide bonds. The SMILES string of the molecule is O=C(CCc1nc(-c2cccnc2)no1)Nc1nc2ccccc2n1-c1ccccc1. The molecule has 0 bridgehead atoms. The highest BCUT2D eigenvalue weighted by molar-refractivity contribution is 5.92. The van der Waals surface area contributed by atoms with E-state index in [1.807, 2.05) is 65.2 Å². The monoisotopic (exact) mass is 410 g/mol. The van der Waals surface area contributed by atoms with Crippen molar-refractivity contribution in [2.75, 3.05) is 5.32 Å². The summed E-state index contributed by atoms with van der Waals surface area (Å²) in [6, 6.07) is 21.2. The lowest BCUT2D eigenvalue weighted by Crippen LogP contribution is -2.16. The Hall–Kier alpha value is -4.33. The molecule has 0 unspecified atom stereocenters. The molecule has 0 aliphatic carbocycles. The van der Waals surface area contributed by atoms with Crippen LogP contribution in [0.25, 0.3) is 28.1 Å². The number of rotatable bonds is 6. The first-order chi connectivity index (χ1) is 15.3. The average Bonchev–Trinajstić information content (AvgIpc) is 3.43. The normalized spacial score (nSPS) is 11.0. The minimum atomic E-state index is -0.186. The molecule has 0 fully saturated rings. The van der Waals surface area contributed by atoms with Gasteiger partial charge in [0.25, 0.3) is 0 Å². The fourth-order valence-corrected chi connectivity index (χ4v) is 3.32. The van der Waals surface area contributed by atoms with Crippen molar-refractivity contribution in [1.29, 1.82) is 0 Å². The van der Waals surface area contributed by atoms with Crippen LogP contribution in [0, 0.1) is 0 Å². The molecule has 8 nitrogen and oxygen atoms in total. The van der Waals surface area contributed by atoms with Gasteiger partial charge in [-0.05, 0) is 36.4 Å². The van der Waals surface area contributed by atoms with E-state index < -0.39 is 0 Å². The number of fused-ring (bicyclic) bond motifs is 1. The summed E-state index contributed by atoms with van der Waals surface area (Å²) in [6.07, 6.45) is 3.85. The van der Waals surface area contributed by atoms with Crippen LogP contribution in [0.1, 0.15) is 12.3 Å². The molecule has 3 heterocycles. The number of nitrogens with one attached hydrogen (secondary N) is 1. The Labute approximate surface area is 177 Å². The summed E-state index contributed by atoms with van der Waals surface area (Å²) in [7, 11) is 0. The van der Waals surface area contributed by atoms with E-state index in [1.165, 1.54) is 0 Å². The van der Waals surface area contributed by atoms with Crippen LogP contribution in [0.4, 0.5) is 5.95 Å². The number of anilines is 1. The van der Waals surface area contributed by atoms with Gasteiger partial charge in [-0.3, -0.25) is 19.7 Å². The van der Waals surface area contributed by atoms with Gasteiger partial charge >= 0.3 is 0 Å². The first-order valence-corrected chi connectivity index (χ1v) is 9.84. The molecule has 0 spiro atoms. The van der Waals surface area contributed by atoms with Crippen molar-refractivity contribution in [2.45, 2.75) is 12.8 Å². The number of nitrogens with zero attached hydrogens (tertiary/aromatic N) is 5. The maximum absolute atomic E-state index is 12.7. The van der Waals surface area contributed by atoms with Crippen molar-refractivity contribution in [2.24, 2.45) is 0 Å². The van der Waals surface area contributed by atoms with Gasteiger partial charge in [0.1, 0.15) is 0 Å². The Morgan fingerprint density at radius 1 is 0.968 bits per heavy atom. The zero-order chi connectivity index (χ0) is 21.0. The molecule has 0 atom stereocenters. The van der Waals surface area contributed by atoms with Crippen molar-refractivity contribution in [3.05, 3.63) is 85.0 Å². The molecule has 2 aromatic carbocycles. The largest absolute Gasteiger partial charge is 0.339 e. The molecular weight excluding hydrogens is 392 g/mol. The second-order valence-electron chi connectivity index (χ2n) is 6.90. The lowest BCUT2D eigenvalue weighted by molar-refractivity contribution is -0.116. The third-order valence-corrected chi connectivity index (χ3v) is 4.78. The second-order valence-corrected chi connectivity index (χ2v) is 6.90. The van der Waals surface area contributed by atoms with Gasteiger partial charge in [0, 0.05) is 36.5 Å². The first kappa shape index (κ1) is 18.7. The minimum Gasteiger partial charge on any atom is -0.339 e. The fraction of sp³-hybridized carbons (Fsp3) is 0.0870. The number of aromatic nitrogens is 5. The molecule has 0 saturated carbocycles. The quantitative estimate of drug-likeness (QED) is 0.454. The first-order valence-electron chi connectivity index (χ1n) is 9.84. The van der Waals surface area contributed by atoms with Crippen LogP contribution in [0.15, 0.2) is 83.6 Å². The summed E-state index contributed by atoms with van der Waals surface area (Å²) in [6.45, 7) is 0. The number of hydrogen-bond donors (Lipinski definition) is 1. The number of para-hydroxylation sites is 3. The molecule has 0 aliphatic rings. The average molecular weight is 410 g/mol. The van der Waals surface area contributed by atoms with Crippen LogP contribution < -0.4 is 5.32 Å². The minimum absolute atomic E-state index is 0.186. The number of amides is 1. The van der Waals surface area contributed by atoms with E-state index in [4.69, 9.17) is 4.52 Å². The molecule has 3 aromatic heterocycles. The predicted molar refractivity (Wildman–Crippen MR) is 116 cm³/mol.